The van der Waals surface area contributed by atoms with E-state index in [-0.39, 0.29) is 23.9 Å². The Morgan fingerprint density at radius 2 is 1.85 bits per heavy atom. The molecule has 0 bridgehead atoms. The molecule has 5 fully saturated rings. The molecule has 228 valence electrons. The zero-order valence-corrected chi connectivity index (χ0v) is 25.0. The quantitative estimate of drug-likeness (QED) is 0.419. The summed E-state index contributed by atoms with van der Waals surface area (Å²) in [5.74, 6) is 2.41. The van der Waals surface area contributed by atoms with E-state index in [4.69, 9.17) is 13.8 Å². The minimum absolute atomic E-state index is 0.0644. The summed E-state index contributed by atoms with van der Waals surface area (Å²) in [6.45, 7) is 5.78. The van der Waals surface area contributed by atoms with Crippen molar-refractivity contribution in [2.45, 2.75) is 110 Å². The summed E-state index contributed by atoms with van der Waals surface area (Å²) in [6.07, 6.45) is 6.38. The van der Waals surface area contributed by atoms with Crippen LogP contribution >= 0.6 is 7.82 Å². The summed E-state index contributed by atoms with van der Waals surface area (Å²) < 4.78 is 31.3. The van der Waals surface area contributed by atoms with Crippen molar-refractivity contribution in [2.75, 3.05) is 6.61 Å². The number of phosphoric ester groups is 1. The van der Waals surface area contributed by atoms with Crippen LogP contribution in [-0.4, -0.2) is 50.3 Å². The maximum atomic E-state index is 13.1. The molecule has 6 rings (SSSR count). The second-order valence-electron chi connectivity index (χ2n) is 13.8. The molecular formula is C29H43N2O9P. The van der Waals surface area contributed by atoms with Crippen LogP contribution in [0.4, 0.5) is 0 Å². The summed E-state index contributed by atoms with van der Waals surface area (Å²) in [5.41, 5.74) is -0.857. The lowest BCUT2D eigenvalue weighted by atomic mass is 9.45. The third kappa shape index (κ3) is 5.14. The zero-order chi connectivity index (χ0) is 29.3. The number of aromatic amines is 1. The van der Waals surface area contributed by atoms with E-state index < -0.39 is 43.6 Å². The van der Waals surface area contributed by atoms with Crippen molar-refractivity contribution in [3.8, 4) is 0 Å². The van der Waals surface area contributed by atoms with E-state index in [2.05, 4.69) is 18.8 Å². The van der Waals surface area contributed by atoms with E-state index >= 15 is 0 Å². The van der Waals surface area contributed by atoms with Crippen LogP contribution in [0.15, 0.2) is 15.8 Å². The molecule has 1 aliphatic heterocycles. The number of carbonyl (C=O) groups is 1. The molecule has 2 heterocycles. The van der Waals surface area contributed by atoms with E-state index in [0.717, 1.165) is 44.9 Å². The first-order valence-corrected chi connectivity index (χ1v) is 16.6. The van der Waals surface area contributed by atoms with E-state index in [0.29, 0.717) is 47.9 Å². The van der Waals surface area contributed by atoms with Crippen molar-refractivity contribution in [3.63, 3.8) is 0 Å². The van der Waals surface area contributed by atoms with Crippen LogP contribution in [0.2, 0.25) is 0 Å². The average molecular weight is 595 g/mol. The lowest BCUT2D eigenvalue weighted by Gasteiger charge is -2.60. The fraction of sp³-hybridized carbons (Fsp3) is 0.828. The average Bonchev–Trinajstić information content (AvgIpc) is 3.44. The second kappa shape index (κ2) is 10.5. The van der Waals surface area contributed by atoms with Gasteiger partial charge in [0.1, 0.15) is 18.1 Å². The predicted molar refractivity (Wildman–Crippen MR) is 148 cm³/mol. The highest BCUT2D eigenvalue weighted by atomic mass is 31.2. The van der Waals surface area contributed by atoms with Gasteiger partial charge in [0, 0.05) is 31.0 Å². The fourth-order valence-corrected chi connectivity index (χ4v) is 10.4. The van der Waals surface area contributed by atoms with Crippen molar-refractivity contribution in [1.82, 2.24) is 9.55 Å². The Labute approximate surface area is 239 Å². The number of hydrogen-bond donors (Lipinski definition) is 3. The number of aromatic nitrogens is 2. The number of aryl methyl sites for hydroxylation is 1. The van der Waals surface area contributed by atoms with Gasteiger partial charge in [0.15, 0.2) is 0 Å². The molecule has 41 heavy (non-hydrogen) atoms. The summed E-state index contributed by atoms with van der Waals surface area (Å²) in [6, 6.07) is 0. The number of H-pyrrole nitrogens is 1. The van der Waals surface area contributed by atoms with Gasteiger partial charge in [0.2, 0.25) is 0 Å². The predicted octanol–water partition coefficient (Wildman–Crippen LogP) is 3.61. The number of aliphatic hydroxyl groups is 1. The van der Waals surface area contributed by atoms with E-state index in [1.165, 1.54) is 10.8 Å². The number of carbonyl (C=O) groups excluding carboxylic acids is 1. The van der Waals surface area contributed by atoms with Gasteiger partial charge in [-0.3, -0.25) is 28.2 Å². The Bertz CT molecular complexity index is 1360. The van der Waals surface area contributed by atoms with Crippen LogP contribution in [0.5, 0.6) is 0 Å². The van der Waals surface area contributed by atoms with Crippen molar-refractivity contribution in [3.05, 3.63) is 32.6 Å². The molecule has 5 aliphatic rings. The maximum Gasteiger partial charge on any atom is 0.472 e. The summed E-state index contributed by atoms with van der Waals surface area (Å²) in [4.78, 5) is 49.0. The normalized spacial score (nSPS) is 43.7. The second-order valence-corrected chi connectivity index (χ2v) is 15.2. The number of rotatable bonds is 6. The lowest BCUT2D eigenvalue weighted by molar-refractivity contribution is -0.141. The Kier molecular flexibility index (Phi) is 7.56. The highest BCUT2D eigenvalue weighted by Gasteiger charge is 2.61. The Balaban J connectivity index is 1.08. The minimum atomic E-state index is -4.47. The zero-order valence-electron chi connectivity index (χ0n) is 24.1. The van der Waals surface area contributed by atoms with Crippen LogP contribution in [0.1, 0.15) is 89.8 Å². The first-order valence-electron chi connectivity index (χ1n) is 15.1. The van der Waals surface area contributed by atoms with Crippen LogP contribution < -0.4 is 11.2 Å². The molecule has 12 heteroatoms. The van der Waals surface area contributed by atoms with Gasteiger partial charge in [-0.05, 0) is 86.4 Å². The van der Waals surface area contributed by atoms with Crippen molar-refractivity contribution < 1.29 is 33.1 Å². The van der Waals surface area contributed by atoms with E-state index in [1.807, 2.05) is 0 Å². The molecule has 11 atom stereocenters. The van der Waals surface area contributed by atoms with E-state index in [9.17, 15) is 28.9 Å². The molecule has 0 radical (unpaired) electrons. The topological polar surface area (TPSA) is 157 Å². The molecule has 6 unspecified atom stereocenters. The fourth-order valence-electron chi connectivity index (χ4n) is 9.37. The van der Waals surface area contributed by atoms with Gasteiger partial charge in [-0.25, -0.2) is 9.36 Å². The molecule has 1 saturated heterocycles. The number of hydrogen-bond acceptors (Lipinski definition) is 8. The van der Waals surface area contributed by atoms with Crippen LogP contribution in [0.3, 0.4) is 0 Å². The molecule has 4 saturated carbocycles. The van der Waals surface area contributed by atoms with E-state index in [1.54, 1.807) is 6.92 Å². The van der Waals surface area contributed by atoms with Gasteiger partial charge in [0.05, 0.1) is 18.8 Å². The highest BCUT2D eigenvalue weighted by Crippen LogP contribution is 2.67. The summed E-state index contributed by atoms with van der Waals surface area (Å²) in [7, 11) is -4.47. The molecule has 11 nitrogen and oxygen atoms in total. The molecule has 0 aromatic carbocycles. The molecule has 1 aromatic rings. The van der Waals surface area contributed by atoms with Gasteiger partial charge < -0.3 is 14.7 Å². The summed E-state index contributed by atoms with van der Waals surface area (Å²) in [5, 5.41) is 10.5. The van der Waals surface area contributed by atoms with Gasteiger partial charge in [-0.2, -0.15) is 0 Å². The third-order valence-electron chi connectivity index (χ3n) is 11.7. The van der Waals surface area contributed by atoms with Gasteiger partial charge in [-0.1, -0.05) is 13.8 Å². The number of fused-ring (bicyclic) bond motifs is 5. The van der Waals surface area contributed by atoms with Gasteiger partial charge in [0.25, 0.3) is 5.56 Å². The minimum Gasteiger partial charge on any atom is -0.390 e. The number of Topliss-reactive ketones (excluding diaryl/α,β-unsaturated/α-hetero) is 1. The lowest BCUT2D eigenvalue weighted by Crippen LogP contribution is -2.54. The maximum absolute atomic E-state index is 13.1. The number of ketones is 1. The molecular weight excluding hydrogens is 551 g/mol. The van der Waals surface area contributed by atoms with Crippen LogP contribution in [0.25, 0.3) is 0 Å². The first-order chi connectivity index (χ1) is 19.3. The smallest absolute Gasteiger partial charge is 0.390 e. The number of ether oxygens (including phenoxy) is 1. The van der Waals surface area contributed by atoms with Crippen LogP contribution in [-0.2, 0) is 23.1 Å². The van der Waals surface area contributed by atoms with Crippen molar-refractivity contribution in [1.29, 1.82) is 0 Å². The molecule has 0 amide bonds. The molecule has 3 N–H and O–H groups in total. The molecule has 1 aromatic heterocycles. The number of phosphoric acid groups is 1. The number of aliphatic hydroxyl groups excluding tert-OH is 1. The Morgan fingerprint density at radius 3 is 2.63 bits per heavy atom. The molecule has 4 aliphatic carbocycles. The Morgan fingerprint density at radius 1 is 1.10 bits per heavy atom. The first kappa shape index (κ1) is 29.5. The van der Waals surface area contributed by atoms with Gasteiger partial charge in [-0.15, -0.1) is 0 Å². The van der Waals surface area contributed by atoms with Crippen molar-refractivity contribution in [2.24, 2.45) is 34.5 Å². The standard InChI is InChI=1S/C29H43N2O9P/c1-16-14-31(27(35)30-26(16)34)25-13-22(33)23(39-25)15-38-41(36,37)40-24-7-6-20-19-5-4-17-12-18(32)8-10-28(17,2)21(19)9-11-29(20,24)3/h14,17,19-25,33H,4-13,15H2,1-3H3,(H,36,37)(H,30,34,35)/t17-,19?,20-,21?,22?,23?,24-,25?,28-,29-/m0/s1. The van der Waals surface area contributed by atoms with Crippen LogP contribution in [0, 0.1) is 41.4 Å². The third-order valence-corrected chi connectivity index (χ3v) is 12.7. The SMILES string of the molecule is Cc1cn(C2CC(O)C(COP(=O)(O)O[C@H]3CC[C@H]4C5CC[C@H]6CC(=O)CC[C@]6(C)C5CC[C@]34C)O2)c(=O)[nH]c1=O. The number of nitrogens with zero attached hydrogens (tertiary/aromatic N) is 1. The number of nitrogens with one attached hydrogen (secondary N) is 1. The van der Waals surface area contributed by atoms with Crippen molar-refractivity contribution >= 4 is 13.6 Å². The Hall–Kier alpha value is -1.62. The molecule has 0 spiro atoms. The monoisotopic (exact) mass is 594 g/mol. The summed E-state index contributed by atoms with van der Waals surface area (Å²) >= 11 is 0. The van der Waals surface area contributed by atoms with Gasteiger partial charge >= 0.3 is 13.5 Å². The highest BCUT2D eigenvalue weighted by molar-refractivity contribution is 7.47. The largest absolute Gasteiger partial charge is 0.472 e.